The number of hydrogen-bond donors (Lipinski definition) is 3. The summed E-state index contributed by atoms with van der Waals surface area (Å²) < 4.78 is 32.5. The van der Waals surface area contributed by atoms with E-state index in [1.165, 1.54) is 141 Å². The van der Waals surface area contributed by atoms with Crippen LogP contribution < -0.4 is 5.32 Å². The molecule has 0 aromatic carbocycles. The molecule has 0 saturated carbocycles. The molecule has 0 aliphatic carbocycles. The summed E-state index contributed by atoms with van der Waals surface area (Å²) >= 11 is 0. The van der Waals surface area contributed by atoms with Crippen LogP contribution in [0.1, 0.15) is 213 Å². The lowest BCUT2D eigenvalue weighted by Gasteiger charge is -2.21. The Kier molecular flexibility index (Phi) is 37.7. The summed E-state index contributed by atoms with van der Waals surface area (Å²) in [4.78, 5) is 12.5. The quantitative estimate of drug-likeness (QED) is 0.0330. The zero-order valence-corrected chi connectivity index (χ0v) is 34.7. The predicted molar refractivity (Wildman–Crippen MR) is 225 cm³/mol. The van der Waals surface area contributed by atoms with Crippen molar-refractivity contribution < 1.29 is 22.9 Å². The predicted octanol–water partition coefficient (Wildman–Crippen LogP) is 13.1. The lowest BCUT2D eigenvalue weighted by molar-refractivity contribution is -0.122. The highest BCUT2D eigenvalue weighted by Gasteiger charge is 2.24. The van der Waals surface area contributed by atoms with Gasteiger partial charge in [-0.25, -0.2) is 0 Å². The van der Waals surface area contributed by atoms with Gasteiger partial charge in [-0.3, -0.25) is 9.35 Å². The molecule has 0 aromatic heterocycles. The molecule has 3 N–H and O–H groups in total. The Labute approximate surface area is 322 Å². The molecule has 0 heterocycles. The van der Waals surface area contributed by atoms with E-state index in [1.807, 2.05) is 0 Å². The first-order valence-electron chi connectivity index (χ1n) is 21.8. The van der Waals surface area contributed by atoms with Gasteiger partial charge in [-0.05, 0) is 70.6 Å². The number of rotatable bonds is 39. The molecule has 0 aromatic rings. The first kappa shape index (κ1) is 50.3. The fraction of sp³-hybridized carbons (Fsp3) is 0.800. The molecular weight excluding hydrogens is 667 g/mol. The molecule has 0 bridgehead atoms. The first-order chi connectivity index (χ1) is 25.3. The van der Waals surface area contributed by atoms with Crippen molar-refractivity contribution in [2.45, 2.75) is 225 Å². The van der Waals surface area contributed by atoms with E-state index in [1.54, 1.807) is 6.08 Å². The van der Waals surface area contributed by atoms with Crippen molar-refractivity contribution in [2.24, 2.45) is 0 Å². The molecule has 0 saturated heterocycles. The number of aliphatic hydroxyl groups excluding tert-OH is 1. The molecule has 0 aliphatic heterocycles. The summed E-state index contributed by atoms with van der Waals surface area (Å²) in [5.41, 5.74) is 0. The number of unbranched alkanes of at least 4 members (excludes halogenated alkanes) is 25. The number of nitrogens with one attached hydrogen (secondary N) is 1. The third-order valence-corrected chi connectivity index (χ3v) is 10.5. The van der Waals surface area contributed by atoms with Crippen molar-refractivity contribution in [2.75, 3.05) is 5.75 Å². The summed E-state index contributed by atoms with van der Waals surface area (Å²) in [5, 5.41) is 13.2. The third-order valence-electron chi connectivity index (χ3n) is 9.71. The fourth-order valence-corrected chi connectivity index (χ4v) is 7.15. The molecule has 0 fully saturated rings. The van der Waals surface area contributed by atoms with Gasteiger partial charge in [0.1, 0.15) is 0 Å². The van der Waals surface area contributed by atoms with Crippen molar-refractivity contribution >= 4 is 16.0 Å². The summed E-state index contributed by atoms with van der Waals surface area (Å²) in [6, 6.07) is -1.08. The third kappa shape index (κ3) is 39.5. The highest BCUT2D eigenvalue weighted by atomic mass is 32.2. The van der Waals surface area contributed by atoms with Gasteiger partial charge in [0.15, 0.2) is 0 Å². The topological polar surface area (TPSA) is 104 Å². The van der Waals surface area contributed by atoms with Crippen LogP contribution in [0, 0.1) is 0 Å². The van der Waals surface area contributed by atoms with Gasteiger partial charge < -0.3 is 10.4 Å². The van der Waals surface area contributed by atoms with Gasteiger partial charge in [-0.2, -0.15) is 8.42 Å². The van der Waals surface area contributed by atoms with Gasteiger partial charge in [-0.15, -0.1) is 0 Å². The van der Waals surface area contributed by atoms with E-state index in [9.17, 15) is 22.9 Å². The molecular formula is C45H83NO5S. The summed E-state index contributed by atoms with van der Waals surface area (Å²) in [6.07, 6.45) is 52.4. The zero-order valence-electron chi connectivity index (χ0n) is 33.9. The van der Waals surface area contributed by atoms with E-state index in [4.69, 9.17) is 0 Å². The molecule has 304 valence electrons. The molecule has 52 heavy (non-hydrogen) atoms. The van der Waals surface area contributed by atoms with Crippen LogP contribution in [-0.2, 0) is 14.9 Å². The first-order valence-corrected chi connectivity index (χ1v) is 23.4. The number of carbonyl (C=O) groups excluding carboxylic acids is 1. The smallest absolute Gasteiger partial charge is 0.267 e. The Morgan fingerprint density at radius 2 is 0.827 bits per heavy atom. The Balaban J connectivity index is 3.98. The number of aliphatic hydroxyl groups is 1. The summed E-state index contributed by atoms with van der Waals surface area (Å²) in [7, 11) is -4.36. The Morgan fingerprint density at radius 1 is 0.500 bits per heavy atom. The molecule has 0 rings (SSSR count). The molecule has 7 heteroatoms. The van der Waals surface area contributed by atoms with Crippen LogP contribution in [0.25, 0.3) is 0 Å². The van der Waals surface area contributed by atoms with Gasteiger partial charge >= 0.3 is 0 Å². The molecule has 2 atom stereocenters. The monoisotopic (exact) mass is 750 g/mol. The molecule has 0 aliphatic rings. The highest BCUT2D eigenvalue weighted by molar-refractivity contribution is 7.85. The summed E-state index contributed by atoms with van der Waals surface area (Å²) in [6.45, 7) is 4.53. The molecule has 6 nitrogen and oxygen atoms in total. The van der Waals surface area contributed by atoms with Crippen LogP contribution in [0.3, 0.4) is 0 Å². The molecule has 0 radical (unpaired) electrons. The van der Waals surface area contributed by atoms with E-state index >= 15 is 0 Å². The Hall–Kier alpha value is -1.70. The maximum absolute atomic E-state index is 12.5. The maximum atomic E-state index is 12.5. The summed E-state index contributed by atoms with van der Waals surface area (Å²) in [5.74, 6) is -1.01. The van der Waals surface area contributed by atoms with Crippen LogP contribution in [0.15, 0.2) is 48.6 Å². The van der Waals surface area contributed by atoms with Crippen LogP contribution in [0.5, 0.6) is 0 Å². The van der Waals surface area contributed by atoms with Crippen molar-refractivity contribution in [3.63, 3.8) is 0 Å². The molecule has 0 spiro atoms. The number of carbonyl (C=O) groups is 1. The second-order valence-corrected chi connectivity index (χ2v) is 16.4. The minimum Gasteiger partial charge on any atom is -0.387 e. The van der Waals surface area contributed by atoms with Gasteiger partial charge in [0, 0.05) is 6.42 Å². The van der Waals surface area contributed by atoms with Crippen LogP contribution in [0.2, 0.25) is 0 Å². The van der Waals surface area contributed by atoms with E-state index in [0.717, 1.165) is 51.4 Å². The normalized spacial score (nSPS) is 13.7. The van der Waals surface area contributed by atoms with E-state index < -0.39 is 28.0 Å². The second kappa shape index (κ2) is 39.0. The maximum Gasteiger partial charge on any atom is 0.267 e. The average molecular weight is 750 g/mol. The standard InChI is InChI=1S/C45H83NO5S/c1-3-5-7-9-11-13-15-17-19-21-23-24-26-28-30-32-34-36-38-40-44(47)43(42-52(49,50)51)46-45(48)41-39-37-35-33-31-29-27-25-22-20-18-16-14-12-10-8-6-4-2/h20,22-24,30,32,38,40,43-44,47H,3-19,21,25-29,31,33-37,39,41-42H2,1-2H3,(H,46,48)(H,49,50,51)/b22-20-,24-23+,32-30+,40-38+. The second-order valence-electron chi connectivity index (χ2n) is 15.0. The van der Waals surface area contributed by atoms with Crippen molar-refractivity contribution in [3.05, 3.63) is 48.6 Å². The minimum absolute atomic E-state index is 0.279. The minimum atomic E-state index is -4.36. The van der Waals surface area contributed by atoms with Crippen molar-refractivity contribution in [1.29, 1.82) is 0 Å². The molecule has 1 amide bonds. The van der Waals surface area contributed by atoms with E-state index in [2.05, 4.69) is 55.6 Å². The van der Waals surface area contributed by atoms with Gasteiger partial charge in [0.05, 0.1) is 17.9 Å². The SMILES string of the molecule is CCCCCCCCC/C=C\CCCCCCCCCC(=O)NC(CS(=O)(=O)O)C(O)/C=C/CC/C=C/CC/C=C/CCCCCCCCCCC. The number of allylic oxidation sites excluding steroid dienone is 7. The Bertz CT molecular complexity index is 1000. The van der Waals surface area contributed by atoms with Crippen LogP contribution in [0.4, 0.5) is 0 Å². The zero-order chi connectivity index (χ0) is 38.2. The Morgan fingerprint density at radius 3 is 1.21 bits per heavy atom. The lowest BCUT2D eigenvalue weighted by Crippen LogP contribution is -2.46. The van der Waals surface area contributed by atoms with Gasteiger partial charge in [0.25, 0.3) is 10.1 Å². The number of hydrogen-bond acceptors (Lipinski definition) is 4. The number of amides is 1. The largest absolute Gasteiger partial charge is 0.387 e. The van der Waals surface area contributed by atoms with Gasteiger partial charge in [0.2, 0.25) is 5.91 Å². The highest BCUT2D eigenvalue weighted by Crippen LogP contribution is 2.13. The van der Waals surface area contributed by atoms with E-state index in [-0.39, 0.29) is 12.3 Å². The van der Waals surface area contributed by atoms with Crippen LogP contribution in [-0.4, -0.2) is 41.9 Å². The van der Waals surface area contributed by atoms with Gasteiger partial charge in [-0.1, -0.05) is 184 Å². The fourth-order valence-electron chi connectivity index (χ4n) is 6.42. The van der Waals surface area contributed by atoms with Crippen molar-refractivity contribution in [1.82, 2.24) is 5.32 Å². The van der Waals surface area contributed by atoms with Crippen molar-refractivity contribution in [3.8, 4) is 0 Å². The lowest BCUT2D eigenvalue weighted by atomic mass is 10.1. The average Bonchev–Trinajstić information content (AvgIpc) is 3.11. The van der Waals surface area contributed by atoms with Crippen LogP contribution >= 0.6 is 0 Å². The van der Waals surface area contributed by atoms with E-state index in [0.29, 0.717) is 6.42 Å². The molecule has 2 unspecified atom stereocenters.